The fourth-order valence-corrected chi connectivity index (χ4v) is 12.1. The van der Waals surface area contributed by atoms with Crippen LogP contribution in [0.2, 0.25) is 0 Å². The van der Waals surface area contributed by atoms with Gasteiger partial charge in [-0.1, -0.05) is 84.6 Å². The summed E-state index contributed by atoms with van der Waals surface area (Å²) in [5.74, 6) is 1.38. The predicted molar refractivity (Wildman–Crippen MR) is 207 cm³/mol. The Morgan fingerprint density at radius 3 is 1.70 bits per heavy atom. The highest BCUT2D eigenvalue weighted by Gasteiger charge is 2.36. The number of nitrogens with zero attached hydrogens (tertiary/aromatic N) is 4. The number of thiophene rings is 3. The van der Waals surface area contributed by atoms with E-state index in [4.69, 9.17) is 17.5 Å². The third kappa shape index (κ3) is 5.42. The highest BCUT2D eigenvalue weighted by molar-refractivity contribution is 7.19. The first-order valence-corrected chi connectivity index (χ1v) is 20.6. The topological polar surface area (TPSA) is 51.6 Å². The minimum Gasteiger partial charge on any atom is -0.172 e. The Hall–Kier alpha value is -2.82. The standard InChI is InChI=1S/C38H38N4S5/c1-6-8-9-10-22-21(3)37-27(22)20-31(45-37)26-14-13-24(34-36(26)42-47-40-34)29-16-15-28(43-29)23-11-12-25(35-33(23)39-46-41-35)30-17-18-32(44-30)38(4,5)19-7-2/h11-18,20-22H,6-10,19H2,1-5H3. The maximum absolute atomic E-state index is 4.83. The van der Waals surface area contributed by atoms with Crippen molar-refractivity contribution in [2.45, 2.75) is 90.4 Å². The molecule has 4 nitrogen and oxygen atoms in total. The smallest absolute Gasteiger partial charge is 0.114 e. The van der Waals surface area contributed by atoms with Crippen LogP contribution >= 0.6 is 57.5 Å². The quantitative estimate of drug-likeness (QED) is 0.125. The zero-order chi connectivity index (χ0) is 32.3. The van der Waals surface area contributed by atoms with E-state index in [9.17, 15) is 0 Å². The summed E-state index contributed by atoms with van der Waals surface area (Å²) in [6, 6.07) is 20.5. The molecule has 1 aliphatic carbocycles. The molecule has 0 aliphatic heterocycles. The number of benzene rings is 2. The summed E-state index contributed by atoms with van der Waals surface area (Å²) >= 11 is 8.27. The van der Waals surface area contributed by atoms with Crippen molar-refractivity contribution in [3.63, 3.8) is 0 Å². The van der Waals surface area contributed by atoms with E-state index in [2.05, 4.69) is 89.2 Å². The molecule has 2 unspecified atom stereocenters. The first-order chi connectivity index (χ1) is 22.9. The van der Waals surface area contributed by atoms with E-state index >= 15 is 0 Å². The van der Waals surface area contributed by atoms with Crippen LogP contribution in [0.25, 0.3) is 63.8 Å². The molecule has 0 spiro atoms. The normalized spacial score (nSPS) is 16.3. The molecule has 0 saturated heterocycles. The first kappa shape index (κ1) is 31.4. The van der Waals surface area contributed by atoms with Crippen LogP contribution in [-0.2, 0) is 5.41 Å². The first-order valence-electron chi connectivity index (χ1n) is 16.7. The summed E-state index contributed by atoms with van der Waals surface area (Å²) in [6.07, 6.45) is 7.61. The van der Waals surface area contributed by atoms with Crippen LogP contribution in [0.4, 0.5) is 0 Å². The molecule has 1 aliphatic rings. The van der Waals surface area contributed by atoms with Gasteiger partial charge in [-0.2, -0.15) is 17.5 Å². The molecule has 47 heavy (non-hydrogen) atoms. The number of hydrogen-bond donors (Lipinski definition) is 0. The van der Waals surface area contributed by atoms with Crippen molar-refractivity contribution < 1.29 is 0 Å². The summed E-state index contributed by atoms with van der Waals surface area (Å²) in [4.78, 5) is 8.00. The van der Waals surface area contributed by atoms with Crippen LogP contribution in [0.3, 0.4) is 0 Å². The lowest BCUT2D eigenvalue weighted by Gasteiger charge is -2.34. The van der Waals surface area contributed by atoms with Gasteiger partial charge in [-0.25, -0.2) is 0 Å². The van der Waals surface area contributed by atoms with E-state index in [1.807, 2.05) is 22.7 Å². The summed E-state index contributed by atoms with van der Waals surface area (Å²) in [6.45, 7) is 11.7. The molecule has 7 aromatic rings. The second kappa shape index (κ2) is 12.6. The van der Waals surface area contributed by atoms with Crippen molar-refractivity contribution in [2.24, 2.45) is 0 Å². The molecule has 2 aromatic carbocycles. The van der Waals surface area contributed by atoms with Crippen LogP contribution in [0.1, 0.15) is 100 Å². The molecular weight excluding hydrogens is 673 g/mol. The molecule has 8 rings (SSSR count). The average molecular weight is 711 g/mol. The van der Waals surface area contributed by atoms with Gasteiger partial charge in [-0.15, -0.1) is 34.0 Å². The van der Waals surface area contributed by atoms with Crippen molar-refractivity contribution in [1.82, 2.24) is 17.5 Å². The van der Waals surface area contributed by atoms with Gasteiger partial charge in [0.25, 0.3) is 0 Å². The highest BCUT2D eigenvalue weighted by atomic mass is 32.1. The van der Waals surface area contributed by atoms with Gasteiger partial charge in [0.2, 0.25) is 0 Å². The van der Waals surface area contributed by atoms with Crippen LogP contribution in [0.15, 0.2) is 54.6 Å². The Kier molecular flexibility index (Phi) is 8.41. The molecule has 0 amide bonds. The number of rotatable bonds is 11. The Bertz CT molecular complexity index is 2210. The van der Waals surface area contributed by atoms with Gasteiger partial charge in [0.1, 0.15) is 22.1 Å². The van der Waals surface area contributed by atoms with Gasteiger partial charge in [-0.3, -0.25) is 0 Å². The number of hydrogen-bond acceptors (Lipinski definition) is 9. The summed E-state index contributed by atoms with van der Waals surface area (Å²) in [5.41, 5.74) is 10.4. The maximum atomic E-state index is 4.83. The van der Waals surface area contributed by atoms with Crippen molar-refractivity contribution in [2.75, 3.05) is 0 Å². The van der Waals surface area contributed by atoms with Crippen LogP contribution in [-0.4, -0.2) is 17.5 Å². The number of fused-ring (bicyclic) bond motifs is 3. The Morgan fingerprint density at radius 1 is 0.617 bits per heavy atom. The Balaban J connectivity index is 1.10. The SMILES string of the molecule is CCCCCC1c2cc(-c3ccc(-c4ccc(-c5ccc(-c6ccc(C(C)(C)CCC)s6)c6nsnc56)s4)c4nsnc34)sc2C1C. The predicted octanol–water partition coefficient (Wildman–Crippen LogP) is 13.4. The molecule has 5 heterocycles. The zero-order valence-electron chi connectivity index (χ0n) is 27.4. The third-order valence-corrected chi connectivity index (χ3v) is 15.1. The van der Waals surface area contributed by atoms with E-state index in [1.165, 1.54) is 97.5 Å². The molecule has 0 saturated carbocycles. The van der Waals surface area contributed by atoms with Crippen molar-refractivity contribution >= 4 is 79.5 Å². The Morgan fingerprint density at radius 2 is 1.15 bits per heavy atom. The van der Waals surface area contributed by atoms with Gasteiger partial charge in [0, 0.05) is 51.5 Å². The molecule has 2 atom stereocenters. The number of unbranched alkanes of at least 4 members (excludes halogenated alkanes) is 2. The molecule has 5 aromatic heterocycles. The van der Waals surface area contributed by atoms with Crippen molar-refractivity contribution in [3.05, 3.63) is 69.9 Å². The van der Waals surface area contributed by atoms with Gasteiger partial charge in [0.05, 0.1) is 23.5 Å². The van der Waals surface area contributed by atoms with E-state index in [-0.39, 0.29) is 5.41 Å². The molecule has 0 radical (unpaired) electrons. The van der Waals surface area contributed by atoms with E-state index in [0.717, 1.165) is 33.2 Å². The minimum absolute atomic E-state index is 0.181. The van der Waals surface area contributed by atoms with Crippen LogP contribution < -0.4 is 0 Å². The van der Waals surface area contributed by atoms with Crippen molar-refractivity contribution in [1.29, 1.82) is 0 Å². The minimum atomic E-state index is 0.181. The maximum Gasteiger partial charge on any atom is 0.114 e. The van der Waals surface area contributed by atoms with E-state index < -0.39 is 0 Å². The highest BCUT2D eigenvalue weighted by Crippen LogP contribution is 2.55. The molecule has 0 bridgehead atoms. The lowest BCUT2D eigenvalue weighted by atomic mass is 9.72. The van der Waals surface area contributed by atoms with Gasteiger partial charge in [0.15, 0.2) is 0 Å². The molecule has 0 N–H and O–H groups in total. The van der Waals surface area contributed by atoms with Crippen LogP contribution in [0, 0.1) is 0 Å². The lowest BCUT2D eigenvalue weighted by molar-refractivity contribution is 0.458. The summed E-state index contributed by atoms with van der Waals surface area (Å²) < 4.78 is 19.3. The monoisotopic (exact) mass is 710 g/mol. The summed E-state index contributed by atoms with van der Waals surface area (Å²) in [7, 11) is 0. The van der Waals surface area contributed by atoms with Gasteiger partial charge in [-0.05, 0) is 66.0 Å². The largest absolute Gasteiger partial charge is 0.172 e. The second-order valence-corrected chi connectivity index (χ2v) is 17.8. The van der Waals surface area contributed by atoms with E-state index in [0.29, 0.717) is 11.8 Å². The Labute approximate surface area is 297 Å². The van der Waals surface area contributed by atoms with Crippen LogP contribution in [0.5, 0.6) is 0 Å². The second-order valence-electron chi connectivity index (χ2n) is 13.5. The third-order valence-electron chi connectivity index (χ3n) is 9.97. The fourth-order valence-electron chi connectivity index (χ4n) is 7.32. The molecular formula is C38H38N4S5. The summed E-state index contributed by atoms with van der Waals surface area (Å²) in [5, 5.41) is 0. The molecule has 0 fully saturated rings. The fraction of sp³-hybridized carbons (Fsp3) is 0.368. The lowest BCUT2D eigenvalue weighted by Crippen LogP contribution is -2.18. The molecule has 9 heteroatoms. The zero-order valence-corrected chi connectivity index (χ0v) is 31.5. The van der Waals surface area contributed by atoms with Gasteiger partial charge >= 0.3 is 0 Å². The van der Waals surface area contributed by atoms with Crippen molar-refractivity contribution in [3.8, 4) is 41.8 Å². The number of aromatic nitrogens is 4. The van der Waals surface area contributed by atoms with Gasteiger partial charge < -0.3 is 0 Å². The average Bonchev–Trinajstić information content (AvgIpc) is 3.91. The molecule has 240 valence electrons. The van der Waals surface area contributed by atoms with E-state index in [1.54, 1.807) is 21.8 Å².